The summed E-state index contributed by atoms with van der Waals surface area (Å²) < 4.78 is 38.1. The van der Waals surface area contributed by atoms with Gasteiger partial charge in [-0.15, -0.1) is 0 Å². The Kier molecular flexibility index (Phi) is 3.32. The lowest BCUT2D eigenvalue weighted by atomic mass is 9.96. The van der Waals surface area contributed by atoms with E-state index in [1.54, 1.807) is 0 Å². The van der Waals surface area contributed by atoms with E-state index in [0.29, 0.717) is 0 Å². The van der Waals surface area contributed by atoms with E-state index in [1.165, 1.54) is 6.07 Å². The summed E-state index contributed by atoms with van der Waals surface area (Å²) in [6, 6.07) is 2.98. The fraction of sp³-hybridized carbons (Fsp3) is 0.182. The lowest BCUT2D eigenvalue weighted by Crippen LogP contribution is -2.15. The average Bonchev–Trinajstić information content (AvgIpc) is 2.25. The lowest BCUT2D eigenvalue weighted by Gasteiger charge is -2.13. The van der Waals surface area contributed by atoms with Crippen LogP contribution in [0.4, 0.5) is 13.2 Å². The van der Waals surface area contributed by atoms with Crippen molar-refractivity contribution in [3.05, 3.63) is 34.4 Å². The molecule has 0 bridgehead atoms. The van der Waals surface area contributed by atoms with Gasteiger partial charge in [-0.05, 0) is 19.1 Å². The third-order valence-corrected chi connectivity index (χ3v) is 2.08. The van der Waals surface area contributed by atoms with Crippen molar-refractivity contribution < 1.29 is 22.8 Å². The molecule has 0 aliphatic rings. The highest BCUT2D eigenvalue weighted by Gasteiger charge is 2.37. The Morgan fingerprint density at radius 1 is 1.41 bits per heavy atom. The predicted molar refractivity (Wildman–Crippen MR) is 51.6 cm³/mol. The maximum absolute atomic E-state index is 12.7. The maximum atomic E-state index is 12.7. The molecule has 6 heteroatoms. The predicted octanol–water partition coefficient (Wildman–Crippen LogP) is 2.59. The second kappa shape index (κ2) is 4.37. The number of alkyl halides is 3. The summed E-state index contributed by atoms with van der Waals surface area (Å²) in [5.74, 6) is -0.850. The molecule has 1 rings (SSSR count). The summed E-state index contributed by atoms with van der Waals surface area (Å²) in [5, 5.41) is 8.63. The van der Waals surface area contributed by atoms with Gasteiger partial charge in [-0.1, -0.05) is 0 Å². The van der Waals surface area contributed by atoms with Crippen LogP contribution in [0.2, 0.25) is 0 Å². The van der Waals surface area contributed by atoms with Gasteiger partial charge in [0.25, 0.3) is 0 Å². The summed E-state index contributed by atoms with van der Waals surface area (Å²) >= 11 is 0. The Hall–Kier alpha value is -2.16. The molecule has 0 heterocycles. The van der Waals surface area contributed by atoms with Crippen LogP contribution in [0.3, 0.4) is 0 Å². The van der Waals surface area contributed by atoms with Crippen molar-refractivity contribution >= 4 is 12.1 Å². The van der Waals surface area contributed by atoms with Gasteiger partial charge in [0.05, 0.1) is 17.2 Å². The van der Waals surface area contributed by atoms with Crippen LogP contribution in [-0.4, -0.2) is 12.1 Å². The first-order valence-corrected chi connectivity index (χ1v) is 4.42. The number of carbonyl (C=O) groups is 2. The second-order valence-electron chi connectivity index (χ2n) is 3.27. The first-order valence-electron chi connectivity index (χ1n) is 4.42. The molecule has 0 N–H and O–H groups in total. The minimum absolute atomic E-state index is 0.139. The Bertz CT molecular complexity index is 527. The molecule has 17 heavy (non-hydrogen) atoms. The molecule has 0 aliphatic carbocycles. The number of Topliss-reactive ketones (excluding diaryl/α,β-unsaturated/α-hetero) is 1. The third kappa shape index (κ3) is 2.50. The monoisotopic (exact) mass is 241 g/mol. The zero-order valence-electron chi connectivity index (χ0n) is 8.63. The van der Waals surface area contributed by atoms with Crippen molar-refractivity contribution in [3.63, 3.8) is 0 Å². The van der Waals surface area contributed by atoms with E-state index >= 15 is 0 Å². The van der Waals surface area contributed by atoms with Gasteiger partial charge >= 0.3 is 6.18 Å². The number of nitriles is 1. The molecule has 0 saturated heterocycles. The molecule has 0 aliphatic heterocycles. The zero-order chi connectivity index (χ0) is 13.2. The summed E-state index contributed by atoms with van der Waals surface area (Å²) in [6.45, 7) is 0.945. The number of ketones is 1. The van der Waals surface area contributed by atoms with Gasteiger partial charge in [0.2, 0.25) is 0 Å². The minimum atomic E-state index is -4.81. The van der Waals surface area contributed by atoms with Crippen LogP contribution in [0, 0.1) is 11.3 Å². The SMILES string of the molecule is CC(=O)c1cc(C=O)cc(C#N)c1C(F)(F)F. The van der Waals surface area contributed by atoms with Gasteiger partial charge in [-0.3, -0.25) is 9.59 Å². The van der Waals surface area contributed by atoms with Crippen molar-refractivity contribution in [2.24, 2.45) is 0 Å². The number of nitrogens with zero attached hydrogens (tertiary/aromatic N) is 1. The number of benzene rings is 1. The van der Waals surface area contributed by atoms with Crippen molar-refractivity contribution in [1.82, 2.24) is 0 Å². The third-order valence-electron chi connectivity index (χ3n) is 2.08. The molecule has 88 valence electrons. The van der Waals surface area contributed by atoms with Gasteiger partial charge in [0.1, 0.15) is 6.29 Å². The molecule has 0 saturated carbocycles. The normalized spacial score (nSPS) is 10.8. The molecule has 0 radical (unpaired) electrons. The van der Waals surface area contributed by atoms with Gasteiger partial charge in [-0.2, -0.15) is 18.4 Å². The quantitative estimate of drug-likeness (QED) is 0.590. The molecule has 0 fully saturated rings. The standard InChI is InChI=1S/C11H6F3NO2/c1-6(17)9-3-7(5-16)2-8(4-15)10(9)11(12,13)14/h2-3,5H,1H3. The summed E-state index contributed by atoms with van der Waals surface area (Å²) in [5.41, 5.74) is -2.83. The number of aldehydes is 1. The van der Waals surface area contributed by atoms with Crippen molar-refractivity contribution in [2.45, 2.75) is 13.1 Å². The van der Waals surface area contributed by atoms with Gasteiger partial charge in [0, 0.05) is 11.1 Å². The maximum Gasteiger partial charge on any atom is 0.418 e. The van der Waals surface area contributed by atoms with Gasteiger partial charge in [-0.25, -0.2) is 0 Å². The lowest BCUT2D eigenvalue weighted by molar-refractivity contribution is -0.138. The molecule has 0 unspecified atom stereocenters. The highest BCUT2D eigenvalue weighted by atomic mass is 19.4. The van der Waals surface area contributed by atoms with Crippen LogP contribution in [0.5, 0.6) is 0 Å². The van der Waals surface area contributed by atoms with Gasteiger partial charge < -0.3 is 0 Å². The molecule has 1 aromatic rings. The molecular formula is C11H6F3NO2. The van der Waals surface area contributed by atoms with Crippen molar-refractivity contribution in [2.75, 3.05) is 0 Å². The molecular weight excluding hydrogens is 235 g/mol. The molecule has 0 atom stereocenters. The smallest absolute Gasteiger partial charge is 0.298 e. The molecule has 0 aromatic heterocycles. The Labute approximate surface area is 94.5 Å². The van der Waals surface area contributed by atoms with E-state index in [-0.39, 0.29) is 11.8 Å². The first-order chi connectivity index (χ1) is 7.81. The second-order valence-corrected chi connectivity index (χ2v) is 3.27. The van der Waals surface area contributed by atoms with Crippen LogP contribution >= 0.6 is 0 Å². The molecule has 3 nitrogen and oxygen atoms in total. The van der Waals surface area contributed by atoms with Crippen LogP contribution < -0.4 is 0 Å². The van der Waals surface area contributed by atoms with E-state index in [9.17, 15) is 22.8 Å². The molecule has 0 amide bonds. The van der Waals surface area contributed by atoms with Crippen LogP contribution in [0.25, 0.3) is 0 Å². The number of hydrogen-bond donors (Lipinski definition) is 0. The summed E-state index contributed by atoms with van der Waals surface area (Å²) in [7, 11) is 0. The van der Waals surface area contributed by atoms with E-state index in [4.69, 9.17) is 5.26 Å². The Morgan fingerprint density at radius 2 is 2.00 bits per heavy atom. The number of halogens is 3. The average molecular weight is 241 g/mol. The fourth-order valence-electron chi connectivity index (χ4n) is 1.40. The van der Waals surface area contributed by atoms with E-state index in [1.807, 2.05) is 0 Å². The fourth-order valence-corrected chi connectivity index (χ4v) is 1.40. The molecule has 1 aromatic carbocycles. The van der Waals surface area contributed by atoms with E-state index in [0.717, 1.165) is 19.1 Å². The Balaban J connectivity index is 3.72. The largest absolute Gasteiger partial charge is 0.418 e. The van der Waals surface area contributed by atoms with Crippen LogP contribution in [-0.2, 0) is 6.18 Å². The highest BCUT2D eigenvalue weighted by molar-refractivity contribution is 5.98. The van der Waals surface area contributed by atoms with E-state index in [2.05, 4.69) is 0 Å². The number of rotatable bonds is 2. The van der Waals surface area contributed by atoms with Gasteiger partial charge in [0.15, 0.2) is 5.78 Å². The summed E-state index contributed by atoms with van der Waals surface area (Å²) in [4.78, 5) is 21.6. The number of carbonyl (C=O) groups excluding carboxylic acids is 2. The van der Waals surface area contributed by atoms with Crippen molar-refractivity contribution in [3.8, 4) is 6.07 Å². The van der Waals surface area contributed by atoms with Crippen LogP contribution in [0.15, 0.2) is 12.1 Å². The summed E-state index contributed by atoms with van der Waals surface area (Å²) in [6.07, 6.45) is -4.53. The minimum Gasteiger partial charge on any atom is -0.298 e. The Morgan fingerprint density at radius 3 is 2.35 bits per heavy atom. The number of hydrogen-bond acceptors (Lipinski definition) is 3. The zero-order valence-corrected chi connectivity index (χ0v) is 8.63. The van der Waals surface area contributed by atoms with E-state index < -0.39 is 28.6 Å². The molecule has 0 spiro atoms. The van der Waals surface area contributed by atoms with Crippen molar-refractivity contribution in [1.29, 1.82) is 5.26 Å². The topological polar surface area (TPSA) is 57.9 Å². The highest BCUT2D eigenvalue weighted by Crippen LogP contribution is 2.35. The first kappa shape index (κ1) is 12.9. The van der Waals surface area contributed by atoms with Crippen LogP contribution in [0.1, 0.15) is 38.8 Å².